The number of pyridine rings is 1. The molecular weight excluding hydrogens is 561 g/mol. The number of likely N-dealkylation sites (tertiary alicyclic amines) is 1. The number of carbonyl (C=O) groups excluding carboxylic acids is 2. The van der Waals surface area contributed by atoms with Crippen LogP contribution in [0.15, 0.2) is 53.5 Å². The van der Waals surface area contributed by atoms with Crippen molar-refractivity contribution < 1.29 is 27.5 Å². The van der Waals surface area contributed by atoms with Gasteiger partial charge in [0, 0.05) is 38.1 Å². The van der Waals surface area contributed by atoms with Crippen LogP contribution >= 0.6 is 0 Å². The molecule has 2 aliphatic carbocycles. The summed E-state index contributed by atoms with van der Waals surface area (Å²) in [4.78, 5) is 41.0. The Hall–Kier alpha value is -3.96. The molecule has 1 aliphatic heterocycles. The Morgan fingerprint density at radius 3 is 2.47 bits per heavy atom. The lowest BCUT2D eigenvalue weighted by atomic mass is 9.94. The maximum atomic E-state index is 14.3. The summed E-state index contributed by atoms with van der Waals surface area (Å²) in [6.07, 6.45) is 5.46. The summed E-state index contributed by atoms with van der Waals surface area (Å²) in [5.41, 5.74) is 2.69. The number of nitrogens with one attached hydrogen (secondary N) is 2. The standard InChI is InChI=1S/C32H33F3N4O4/c1-43-9-8-36-15-19-10-28(31(42)39(16-19)25-5-6-25)29(40)37-24-12-21(20-2-3-20)11-22(13-24)26-7-4-23(33)14-27(26)30(41)38-17-32(34,35)18-38/h4,7,10-14,16,20,25,36H,2-3,5-6,8-9,15,17-18H2,1H3,(H,37,40). The summed E-state index contributed by atoms with van der Waals surface area (Å²) in [6, 6.07) is 10.8. The van der Waals surface area contributed by atoms with Gasteiger partial charge in [-0.25, -0.2) is 13.2 Å². The van der Waals surface area contributed by atoms with Crippen LogP contribution in [0.2, 0.25) is 0 Å². The van der Waals surface area contributed by atoms with Crippen molar-refractivity contribution in [1.29, 1.82) is 0 Å². The molecule has 11 heteroatoms. The van der Waals surface area contributed by atoms with E-state index in [1.165, 1.54) is 12.1 Å². The van der Waals surface area contributed by atoms with Crippen molar-refractivity contribution in [3.63, 3.8) is 0 Å². The van der Waals surface area contributed by atoms with Gasteiger partial charge in [-0.2, -0.15) is 0 Å². The molecule has 0 bridgehead atoms. The van der Waals surface area contributed by atoms with Crippen molar-refractivity contribution in [2.24, 2.45) is 0 Å². The number of alkyl halides is 2. The number of anilines is 1. The van der Waals surface area contributed by atoms with E-state index in [9.17, 15) is 27.6 Å². The monoisotopic (exact) mass is 594 g/mol. The minimum atomic E-state index is -2.96. The highest BCUT2D eigenvalue weighted by Crippen LogP contribution is 2.43. The second kappa shape index (κ2) is 11.6. The van der Waals surface area contributed by atoms with Gasteiger partial charge in [0.25, 0.3) is 23.3 Å². The smallest absolute Gasteiger partial charge is 0.282 e. The van der Waals surface area contributed by atoms with Gasteiger partial charge >= 0.3 is 0 Å². The molecule has 3 fully saturated rings. The zero-order valence-electron chi connectivity index (χ0n) is 23.8. The van der Waals surface area contributed by atoms with Gasteiger partial charge in [0.05, 0.1) is 25.3 Å². The fourth-order valence-electron chi connectivity index (χ4n) is 5.45. The van der Waals surface area contributed by atoms with Crippen LogP contribution in [0.5, 0.6) is 0 Å². The normalized spacial score (nSPS) is 17.4. The molecule has 1 aromatic heterocycles. The third kappa shape index (κ3) is 6.52. The van der Waals surface area contributed by atoms with E-state index in [2.05, 4.69) is 10.6 Å². The fourth-order valence-corrected chi connectivity index (χ4v) is 5.45. The molecule has 6 rings (SSSR count). The first-order chi connectivity index (χ1) is 20.6. The van der Waals surface area contributed by atoms with Crippen molar-refractivity contribution in [3.8, 4) is 11.1 Å². The number of nitrogens with zero attached hydrogens (tertiary/aromatic N) is 2. The van der Waals surface area contributed by atoms with Gasteiger partial charge < -0.3 is 24.8 Å². The van der Waals surface area contributed by atoms with Crippen LogP contribution in [0, 0.1) is 5.82 Å². The first kappa shape index (κ1) is 29.1. The maximum absolute atomic E-state index is 14.3. The van der Waals surface area contributed by atoms with E-state index in [1.807, 2.05) is 12.1 Å². The van der Waals surface area contributed by atoms with Gasteiger partial charge in [-0.15, -0.1) is 0 Å². The second-order valence-corrected chi connectivity index (χ2v) is 11.7. The molecule has 2 saturated carbocycles. The Morgan fingerprint density at radius 2 is 1.79 bits per heavy atom. The number of benzene rings is 2. The van der Waals surface area contributed by atoms with Crippen LogP contribution in [-0.4, -0.2) is 60.6 Å². The molecule has 226 valence electrons. The summed E-state index contributed by atoms with van der Waals surface area (Å²) >= 11 is 0. The lowest BCUT2D eigenvalue weighted by Crippen LogP contribution is -2.58. The Kier molecular flexibility index (Phi) is 7.87. The van der Waals surface area contributed by atoms with Crippen LogP contribution in [0.3, 0.4) is 0 Å². The van der Waals surface area contributed by atoms with Crippen LogP contribution in [0.1, 0.15) is 69.5 Å². The van der Waals surface area contributed by atoms with E-state index in [4.69, 9.17) is 4.74 Å². The molecule has 3 aromatic rings. The molecule has 0 radical (unpaired) electrons. The molecule has 0 unspecified atom stereocenters. The zero-order chi connectivity index (χ0) is 30.3. The van der Waals surface area contributed by atoms with Crippen LogP contribution < -0.4 is 16.2 Å². The number of amides is 2. The number of ether oxygens (including phenoxy) is 1. The summed E-state index contributed by atoms with van der Waals surface area (Å²) in [5.74, 6) is -4.59. The highest BCUT2D eigenvalue weighted by molar-refractivity contribution is 6.05. The quantitative estimate of drug-likeness (QED) is 0.307. The molecule has 1 saturated heterocycles. The van der Waals surface area contributed by atoms with E-state index < -0.39 is 36.6 Å². The lowest BCUT2D eigenvalue weighted by Gasteiger charge is -2.39. The summed E-state index contributed by atoms with van der Waals surface area (Å²) < 4.78 is 48.0. The van der Waals surface area contributed by atoms with E-state index in [0.29, 0.717) is 36.5 Å². The predicted molar refractivity (Wildman–Crippen MR) is 155 cm³/mol. The maximum Gasteiger partial charge on any atom is 0.282 e. The summed E-state index contributed by atoms with van der Waals surface area (Å²) in [5, 5.41) is 6.12. The van der Waals surface area contributed by atoms with Gasteiger partial charge in [0.15, 0.2) is 0 Å². The van der Waals surface area contributed by atoms with Gasteiger partial charge in [0.1, 0.15) is 11.4 Å². The van der Waals surface area contributed by atoms with E-state index >= 15 is 0 Å². The summed E-state index contributed by atoms with van der Waals surface area (Å²) in [7, 11) is 1.61. The first-order valence-corrected chi connectivity index (χ1v) is 14.5. The zero-order valence-corrected chi connectivity index (χ0v) is 23.8. The number of halogens is 3. The topological polar surface area (TPSA) is 92.7 Å². The van der Waals surface area contributed by atoms with Gasteiger partial charge in [-0.05, 0) is 84.2 Å². The van der Waals surface area contributed by atoms with Crippen LogP contribution in [0.4, 0.5) is 18.9 Å². The average molecular weight is 595 g/mol. The van der Waals surface area contributed by atoms with Gasteiger partial charge in [-0.3, -0.25) is 14.4 Å². The fraction of sp³-hybridized carbons (Fsp3) is 0.406. The average Bonchev–Trinajstić information content (AvgIpc) is 3.87. The van der Waals surface area contributed by atoms with Crippen molar-refractivity contribution in [2.75, 3.05) is 38.7 Å². The van der Waals surface area contributed by atoms with Crippen LogP contribution in [-0.2, 0) is 11.3 Å². The van der Waals surface area contributed by atoms with Crippen molar-refractivity contribution in [1.82, 2.24) is 14.8 Å². The molecule has 3 aliphatic rings. The minimum absolute atomic E-state index is 0.0210. The molecule has 2 amide bonds. The molecule has 0 atom stereocenters. The molecule has 43 heavy (non-hydrogen) atoms. The molecule has 8 nitrogen and oxygen atoms in total. The number of hydrogen-bond acceptors (Lipinski definition) is 5. The van der Waals surface area contributed by atoms with E-state index in [-0.39, 0.29) is 28.6 Å². The van der Waals surface area contributed by atoms with E-state index in [1.54, 1.807) is 30.0 Å². The molecule has 2 N–H and O–H groups in total. The van der Waals surface area contributed by atoms with Crippen molar-refractivity contribution >= 4 is 17.5 Å². The molecule has 2 heterocycles. The highest BCUT2D eigenvalue weighted by atomic mass is 19.3. The number of methoxy groups -OCH3 is 1. The Morgan fingerprint density at radius 1 is 1.02 bits per heavy atom. The second-order valence-electron chi connectivity index (χ2n) is 11.7. The Bertz CT molecular complexity index is 1620. The van der Waals surface area contributed by atoms with Gasteiger partial charge in [-0.1, -0.05) is 12.1 Å². The minimum Gasteiger partial charge on any atom is -0.383 e. The number of carbonyl (C=O) groups is 2. The number of aromatic nitrogens is 1. The predicted octanol–water partition coefficient (Wildman–Crippen LogP) is 4.95. The van der Waals surface area contributed by atoms with Crippen molar-refractivity contribution in [2.45, 2.75) is 50.1 Å². The Labute approximate surface area is 246 Å². The molecular formula is C32H33F3N4O4. The third-order valence-corrected chi connectivity index (χ3v) is 8.01. The highest BCUT2D eigenvalue weighted by Gasteiger charge is 2.46. The van der Waals surface area contributed by atoms with Crippen LogP contribution in [0.25, 0.3) is 11.1 Å². The lowest BCUT2D eigenvalue weighted by molar-refractivity contribution is -0.113. The SMILES string of the molecule is COCCNCc1cc(C(=O)Nc2cc(-c3ccc(F)cc3C(=O)N3CC(F)(F)C3)cc(C3CC3)c2)c(=O)n(C2CC2)c1. The van der Waals surface area contributed by atoms with Gasteiger partial charge in [0.2, 0.25) is 0 Å². The molecule has 2 aromatic carbocycles. The molecule has 0 spiro atoms. The largest absolute Gasteiger partial charge is 0.383 e. The van der Waals surface area contributed by atoms with E-state index in [0.717, 1.165) is 47.8 Å². The Balaban J connectivity index is 1.31. The third-order valence-electron chi connectivity index (χ3n) is 8.01. The number of rotatable bonds is 11. The first-order valence-electron chi connectivity index (χ1n) is 14.5. The van der Waals surface area contributed by atoms with Crippen molar-refractivity contribution in [3.05, 3.63) is 87.1 Å². The number of hydrogen-bond donors (Lipinski definition) is 2. The summed E-state index contributed by atoms with van der Waals surface area (Å²) in [6.45, 7) is 0.171.